The van der Waals surface area contributed by atoms with Crippen LogP contribution in [0.1, 0.15) is 36.0 Å². The molecule has 3 rings (SSSR count). The summed E-state index contributed by atoms with van der Waals surface area (Å²) in [5.74, 6) is -0.452. The van der Waals surface area contributed by atoms with E-state index in [9.17, 15) is 18.0 Å². The summed E-state index contributed by atoms with van der Waals surface area (Å²) in [4.78, 5) is 25.7. The molecule has 23 heavy (non-hydrogen) atoms. The zero-order valence-corrected chi connectivity index (χ0v) is 13.5. The van der Waals surface area contributed by atoms with Crippen LogP contribution < -0.4 is 4.90 Å². The molecule has 124 valence electrons. The molecule has 0 bridgehead atoms. The highest BCUT2D eigenvalue weighted by molar-refractivity contribution is 7.91. The molecule has 1 unspecified atom stereocenters. The number of hydrogen-bond donors (Lipinski definition) is 0. The summed E-state index contributed by atoms with van der Waals surface area (Å²) in [6, 6.07) is 6.68. The van der Waals surface area contributed by atoms with Gasteiger partial charge in [-0.1, -0.05) is 0 Å². The summed E-state index contributed by atoms with van der Waals surface area (Å²) >= 11 is 0. The van der Waals surface area contributed by atoms with E-state index in [4.69, 9.17) is 4.74 Å². The second kappa shape index (κ2) is 6.31. The van der Waals surface area contributed by atoms with E-state index >= 15 is 0 Å². The predicted molar refractivity (Wildman–Crippen MR) is 85.1 cm³/mol. The van der Waals surface area contributed by atoms with Crippen molar-refractivity contribution in [3.8, 4) is 0 Å². The van der Waals surface area contributed by atoms with Gasteiger partial charge in [0.15, 0.2) is 9.84 Å². The number of anilines is 1. The Labute approximate surface area is 135 Å². The van der Waals surface area contributed by atoms with E-state index in [1.54, 1.807) is 29.2 Å². The number of esters is 1. The number of hydrogen-bond acceptors (Lipinski definition) is 5. The summed E-state index contributed by atoms with van der Waals surface area (Å²) < 4.78 is 28.0. The molecule has 2 aliphatic rings. The van der Waals surface area contributed by atoms with Crippen molar-refractivity contribution in [3.63, 3.8) is 0 Å². The average Bonchev–Trinajstić information content (AvgIpc) is 2.87. The van der Waals surface area contributed by atoms with Crippen LogP contribution in [-0.2, 0) is 19.4 Å². The smallest absolute Gasteiger partial charge is 0.338 e. The van der Waals surface area contributed by atoms with Crippen molar-refractivity contribution in [2.45, 2.75) is 31.8 Å². The first-order chi connectivity index (χ1) is 10.9. The molecular formula is C16H19NO5S. The molecule has 2 saturated heterocycles. The minimum atomic E-state index is -3.07. The van der Waals surface area contributed by atoms with Gasteiger partial charge in [0.2, 0.25) is 5.91 Å². The number of benzene rings is 1. The van der Waals surface area contributed by atoms with Gasteiger partial charge >= 0.3 is 5.97 Å². The summed E-state index contributed by atoms with van der Waals surface area (Å²) in [6.07, 6.45) is 2.25. The number of nitrogens with zero attached hydrogens (tertiary/aromatic N) is 1. The molecule has 0 aromatic heterocycles. The van der Waals surface area contributed by atoms with Gasteiger partial charge in [-0.2, -0.15) is 0 Å². The third-order valence-electron chi connectivity index (χ3n) is 4.20. The van der Waals surface area contributed by atoms with Gasteiger partial charge in [-0.3, -0.25) is 4.79 Å². The quantitative estimate of drug-likeness (QED) is 0.782. The average molecular weight is 337 g/mol. The van der Waals surface area contributed by atoms with E-state index in [-0.39, 0.29) is 17.4 Å². The zero-order valence-electron chi connectivity index (χ0n) is 12.7. The maximum Gasteiger partial charge on any atom is 0.338 e. The fourth-order valence-electron chi connectivity index (χ4n) is 2.93. The second-order valence-corrected chi connectivity index (χ2v) is 8.21. The summed E-state index contributed by atoms with van der Waals surface area (Å²) in [5, 5.41) is 0. The van der Waals surface area contributed by atoms with Crippen LogP contribution >= 0.6 is 0 Å². The number of carbonyl (C=O) groups excluding carboxylic acids is 2. The molecule has 0 saturated carbocycles. The first kappa shape index (κ1) is 16.0. The molecule has 2 fully saturated rings. The highest BCUT2D eigenvalue weighted by atomic mass is 32.2. The van der Waals surface area contributed by atoms with Crippen molar-refractivity contribution >= 4 is 27.4 Å². The minimum absolute atomic E-state index is 0.0704. The lowest BCUT2D eigenvalue weighted by Gasteiger charge is -2.26. The second-order valence-electron chi connectivity index (χ2n) is 5.98. The zero-order chi connectivity index (χ0) is 16.4. The van der Waals surface area contributed by atoms with Gasteiger partial charge in [0.1, 0.15) is 6.10 Å². The lowest BCUT2D eigenvalue weighted by atomic mass is 10.1. The van der Waals surface area contributed by atoms with E-state index in [1.807, 2.05) is 0 Å². The van der Waals surface area contributed by atoms with E-state index in [0.29, 0.717) is 24.9 Å². The fourth-order valence-corrected chi connectivity index (χ4v) is 4.52. The number of ether oxygens (including phenoxy) is 1. The molecular weight excluding hydrogens is 318 g/mol. The van der Waals surface area contributed by atoms with Crippen molar-refractivity contribution in [2.24, 2.45) is 0 Å². The Kier molecular flexibility index (Phi) is 4.39. The first-order valence-electron chi connectivity index (χ1n) is 7.76. The van der Waals surface area contributed by atoms with Crippen LogP contribution in [0.25, 0.3) is 0 Å². The number of sulfone groups is 1. The van der Waals surface area contributed by atoms with Gasteiger partial charge < -0.3 is 9.64 Å². The van der Waals surface area contributed by atoms with Gasteiger partial charge in [-0.15, -0.1) is 0 Å². The molecule has 0 spiro atoms. The minimum Gasteiger partial charge on any atom is -0.458 e. The molecule has 7 heteroatoms. The van der Waals surface area contributed by atoms with Crippen molar-refractivity contribution < 1.29 is 22.7 Å². The van der Waals surface area contributed by atoms with Crippen LogP contribution in [0, 0.1) is 0 Å². The highest BCUT2D eigenvalue weighted by Crippen LogP contribution is 2.22. The standard InChI is InChI=1S/C16H19NO5S/c18-15-3-1-2-9-17(15)13-6-4-12(5-7-13)16(19)22-14-8-10-23(20,21)11-14/h4-7,14H,1-3,8-11H2. The Morgan fingerprint density at radius 3 is 2.52 bits per heavy atom. The Morgan fingerprint density at radius 2 is 1.91 bits per heavy atom. The third-order valence-corrected chi connectivity index (χ3v) is 5.94. The monoisotopic (exact) mass is 337 g/mol. The number of amides is 1. The summed E-state index contributed by atoms with van der Waals surface area (Å²) in [5.41, 5.74) is 1.14. The molecule has 1 atom stereocenters. The van der Waals surface area contributed by atoms with Crippen LogP contribution in [0.5, 0.6) is 0 Å². The molecule has 6 nitrogen and oxygen atoms in total. The van der Waals surface area contributed by atoms with E-state index < -0.39 is 21.9 Å². The van der Waals surface area contributed by atoms with E-state index in [1.165, 1.54) is 0 Å². The van der Waals surface area contributed by atoms with Gasteiger partial charge in [-0.25, -0.2) is 13.2 Å². The van der Waals surface area contributed by atoms with Crippen molar-refractivity contribution in [1.82, 2.24) is 0 Å². The topological polar surface area (TPSA) is 80.8 Å². The molecule has 0 aliphatic carbocycles. The Balaban J connectivity index is 1.65. The SMILES string of the molecule is O=C(OC1CCS(=O)(=O)C1)c1ccc(N2CCCCC2=O)cc1. The molecule has 0 N–H and O–H groups in total. The number of carbonyl (C=O) groups is 2. The highest BCUT2D eigenvalue weighted by Gasteiger charge is 2.31. The molecule has 2 heterocycles. The van der Waals surface area contributed by atoms with Gasteiger partial charge in [0.25, 0.3) is 0 Å². The largest absolute Gasteiger partial charge is 0.458 e. The lowest BCUT2D eigenvalue weighted by Crippen LogP contribution is -2.35. The number of rotatable bonds is 3. The molecule has 2 aliphatic heterocycles. The Bertz CT molecular complexity index is 710. The Morgan fingerprint density at radius 1 is 1.17 bits per heavy atom. The lowest BCUT2D eigenvalue weighted by molar-refractivity contribution is -0.119. The van der Waals surface area contributed by atoms with Crippen molar-refractivity contribution in [2.75, 3.05) is 23.0 Å². The molecule has 1 amide bonds. The number of piperidine rings is 1. The first-order valence-corrected chi connectivity index (χ1v) is 9.58. The summed E-state index contributed by atoms with van der Waals surface area (Å²) in [7, 11) is -3.07. The third kappa shape index (κ3) is 3.72. The molecule has 1 aromatic carbocycles. The molecule has 1 aromatic rings. The van der Waals surface area contributed by atoms with Crippen LogP contribution in [0.15, 0.2) is 24.3 Å². The maximum absolute atomic E-state index is 12.1. The van der Waals surface area contributed by atoms with Gasteiger partial charge in [-0.05, 0) is 43.5 Å². The Hall–Kier alpha value is -1.89. The van der Waals surface area contributed by atoms with E-state index in [2.05, 4.69) is 0 Å². The molecule has 0 radical (unpaired) electrons. The summed E-state index contributed by atoms with van der Waals surface area (Å²) in [6.45, 7) is 0.697. The van der Waals surface area contributed by atoms with Gasteiger partial charge in [0.05, 0.1) is 17.1 Å². The fraction of sp³-hybridized carbons (Fsp3) is 0.500. The van der Waals surface area contributed by atoms with Crippen LogP contribution in [-0.4, -0.2) is 44.4 Å². The maximum atomic E-state index is 12.1. The van der Waals surface area contributed by atoms with Crippen molar-refractivity contribution in [1.29, 1.82) is 0 Å². The van der Waals surface area contributed by atoms with E-state index in [0.717, 1.165) is 18.5 Å². The van der Waals surface area contributed by atoms with Gasteiger partial charge in [0, 0.05) is 18.7 Å². The van der Waals surface area contributed by atoms with Crippen molar-refractivity contribution in [3.05, 3.63) is 29.8 Å². The predicted octanol–water partition coefficient (Wildman–Crippen LogP) is 1.55. The van der Waals surface area contributed by atoms with Crippen LogP contribution in [0.4, 0.5) is 5.69 Å². The normalized spacial score (nSPS) is 23.7. The van der Waals surface area contributed by atoms with Crippen LogP contribution in [0.2, 0.25) is 0 Å². The van der Waals surface area contributed by atoms with Crippen LogP contribution in [0.3, 0.4) is 0 Å².